The lowest BCUT2D eigenvalue weighted by molar-refractivity contribution is 0.0771. The molecule has 1 amide bonds. The molecule has 3 rings (SSSR count). The lowest BCUT2D eigenvalue weighted by Crippen LogP contribution is -2.41. The van der Waals surface area contributed by atoms with Gasteiger partial charge in [-0.1, -0.05) is 6.42 Å². The van der Waals surface area contributed by atoms with Gasteiger partial charge in [0, 0.05) is 25.3 Å². The molecular formula is C13H20N4O. The molecule has 1 unspecified atom stereocenters. The molecule has 1 aromatic rings. The number of aromatic nitrogens is 2. The van der Waals surface area contributed by atoms with E-state index in [4.69, 9.17) is 0 Å². The van der Waals surface area contributed by atoms with E-state index in [1.807, 2.05) is 4.90 Å². The fourth-order valence-corrected chi connectivity index (χ4v) is 3.06. The van der Waals surface area contributed by atoms with E-state index < -0.39 is 0 Å². The minimum Gasteiger partial charge on any atom is -0.337 e. The molecule has 0 aromatic carbocycles. The first-order valence-corrected chi connectivity index (χ1v) is 6.87. The summed E-state index contributed by atoms with van der Waals surface area (Å²) in [4.78, 5) is 16.7. The van der Waals surface area contributed by atoms with E-state index in [0.717, 1.165) is 19.5 Å². The number of carbonyl (C=O) groups excluding carboxylic acids is 1. The van der Waals surface area contributed by atoms with Crippen molar-refractivity contribution >= 4 is 5.91 Å². The molecule has 2 aliphatic rings. The van der Waals surface area contributed by atoms with Crippen molar-refractivity contribution in [1.29, 1.82) is 0 Å². The third-order valence-electron chi connectivity index (χ3n) is 4.10. The molecule has 1 N–H and O–H groups in total. The van der Waals surface area contributed by atoms with Gasteiger partial charge in [0.25, 0.3) is 5.91 Å². The SMILES string of the molecule is O=C(c1cn[nH]c1)N1CCC(N2CCCCC2)C1. The molecule has 0 saturated carbocycles. The summed E-state index contributed by atoms with van der Waals surface area (Å²) in [6.07, 6.45) is 8.38. The predicted molar refractivity (Wildman–Crippen MR) is 68.3 cm³/mol. The molecule has 5 nitrogen and oxygen atoms in total. The van der Waals surface area contributed by atoms with Crippen LogP contribution in [0.25, 0.3) is 0 Å². The molecule has 1 aromatic heterocycles. The standard InChI is InChI=1S/C13H20N4O/c18-13(11-8-14-15-9-11)17-7-4-12(10-17)16-5-2-1-3-6-16/h8-9,12H,1-7,10H2,(H,14,15). The molecule has 1 atom stereocenters. The van der Waals surface area contributed by atoms with E-state index in [-0.39, 0.29) is 5.91 Å². The molecule has 98 valence electrons. The number of piperidine rings is 1. The van der Waals surface area contributed by atoms with E-state index in [2.05, 4.69) is 15.1 Å². The topological polar surface area (TPSA) is 52.2 Å². The van der Waals surface area contributed by atoms with Gasteiger partial charge in [0.15, 0.2) is 0 Å². The highest BCUT2D eigenvalue weighted by Gasteiger charge is 2.31. The van der Waals surface area contributed by atoms with Gasteiger partial charge >= 0.3 is 0 Å². The lowest BCUT2D eigenvalue weighted by atomic mass is 10.1. The second kappa shape index (κ2) is 5.10. The van der Waals surface area contributed by atoms with Gasteiger partial charge in [-0.2, -0.15) is 5.10 Å². The van der Waals surface area contributed by atoms with Crippen molar-refractivity contribution in [2.45, 2.75) is 31.7 Å². The van der Waals surface area contributed by atoms with E-state index in [1.54, 1.807) is 12.4 Å². The van der Waals surface area contributed by atoms with Crippen LogP contribution in [-0.4, -0.2) is 58.1 Å². The van der Waals surface area contributed by atoms with Crippen molar-refractivity contribution in [1.82, 2.24) is 20.0 Å². The van der Waals surface area contributed by atoms with Crippen LogP contribution in [-0.2, 0) is 0 Å². The van der Waals surface area contributed by atoms with Crippen molar-refractivity contribution in [3.05, 3.63) is 18.0 Å². The number of nitrogens with zero attached hydrogens (tertiary/aromatic N) is 3. The molecular weight excluding hydrogens is 228 g/mol. The summed E-state index contributed by atoms with van der Waals surface area (Å²) in [5.74, 6) is 0.114. The van der Waals surface area contributed by atoms with Crippen molar-refractivity contribution in [2.24, 2.45) is 0 Å². The Morgan fingerprint density at radius 3 is 2.83 bits per heavy atom. The number of nitrogens with one attached hydrogen (secondary N) is 1. The molecule has 0 radical (unpaired) electrons. The number of amides is 1. The molecule has 3 heterocycles. The maximum atomic E-state index is 12.2. The van der Waals surface area contributed by atoms with Gasteiger partial charge in [0.05, 0.1) is 11.8 Å². The Hall–Kier alpha value is -1.36. The quantitative estimate of drug-likeness (QED) is 0.853. The summed E-state index contributed by atoms with van der Waals surface area (Å²) in [7, 11) is 0. The highest BCUT2D eigenvalue weighted by atomic mass is 16.2. The minimum atomic E-state index is 0.114. The Kier molecular flexibility index (Phi) is 3.32. The third kappa shape index (κ3) is 2.27. The number of carbonyl (C=O) groups is 1. The van der Waals surface area contributed by atoms with Gasteiger partial charge in [-0.15, -0.1) is 0 Å². The van der Waals surface area contributed by atoms with Crippen LogP contribution < -0.4 is 0 Å². The van der Waals surface area contributed by atoms with Crippen LogP contribution in [0.15, 0.2) is 12.4 Å². The molecule has 18 heavy (non-hydrogen) atoms. The van der Waals surface area contributed by atoms with Crippen LogP contribution in [0.2, 0.25) is 0 Å². The Morgan fingerprint density at radius 1 is 1.28 bits per heavy atom. The smallest absolute Gasteiger partial charge is 0.257 e. The molecule has 2 fully saturated rings. The van der Waals surface area contributed by atoms with Crippen LogP contribution in [0.1, 0.15) is 36.0 Å². The highest BCUT2D eigenvalue weighted by molar-refractivity contribution is 5.93. The van der Waals surface area contributed by atoms with Crippen LogP contribution in [0, 0.1) is 0 Å². The Bertz CT molecular complexity index is 397. The summed E-state index contributed by atoms with van der Waals surface area (Å²) in [5, 5.41) is 6.54. The predicted octanol–water partition coefficient (Wildman–Crippen LogP) is 1.11. The third-order valence-corrected chi connectivity index (χ3v) is 4.10. The van der Waals surface area contributed by atoms with E-state index >= 15 is 0 Å². The molecule has 0 bridgehead atoms. The first kappa shape index (κ1) is 11.7. The van der Waals surface area contributed by atoms with Gasteiger partial charge in [0.1, 0.15) is 0 Å². The average Bonchev–Trinajstić information content (AvgIpc) is 3.10. The van der Waals surface area contributed by atoms with Crippen molar-refractivity contribution in [2.75, 3.05) is 26.2 Å². The van der Waals surface area contributed by atoms with Crippen LogP contribution >= 0.6 is 0 Å². The number of H-pyrrole nitrogens is 1. The van der Waals surface area contributed by atoms with E-state index in [1.165, 1.54) is 32.4 Å². The van der Waals surface area contributed by atoms with Gasteiger partial charge in [-0.25, -0.2) is 0 Å². The highest BCUT2D eigenvalue weighted by Crippen LogP contribution is 2.21. The van der Waals surface area contributed by atoms with Crippen molar-refractivity contribution < 1.29 is 4.79 Å². The summed E-state index contributed by atoms with van der Waals surface area (Å²) in [6.45, 7) is 4.17. The summed E-state index contributed by atoms with van der Waals surface area (Å²) in [6, 6.07) is 0.571. The first-order chi connectivity index (χ1) is 8.84. The zero-order valence-corrected chi connectivity index (χ0v) is 10.6. The number of hydrogen-bond donors (Lipinski definition) is 1. The fraction of sp³-hybridized carbons (Fsp3) is 0.692. The van der Waals surface area contributed by atoms with Crippen molar-refractivity contribution in [3.8, 4) is 0 Å². The summed E-state index contributed by atoms with van der Waals surface area (Å²) in [5.41, 5.74) is 0.675. The normalized spacial score (nSPS) is 25.6. The van der Waals surface area contributed by atoms with Gasteiger partial charge in [-0.3, -0.25) is 14.8 Å². The second-order valence-electron chi connectivity index (χ2n) is 5.28. The van der Waals surface area contributed by atoms with E-state index in [9.17, 15) is 4.79 Å². The Balaban J connectivity index is 1.59. The lowest BCUT2D eigenvalue weighted by Gasteiger charge is -2.32. The monoisotopic (exact) mass is 248 g/mol. The molecule has 0 spiro atoms. The maximum Gasteiger partial charge on any atom is 0.257 e. The second-order valence-corrected chi connectivity index (χ2v) is 5.28. The largest absolute Gasteiger partial charge is 0.337 e. The van der Waals surface area contributed by atoms with Crippen molar-refractivity contribution in [3.63, 3.8) is 0 Å². The summed E-state index contributed by atoms with van der Waals surface area (Å²) < 4.78 is 0. The van der Waals surface area contributed by atoms with Crippen LogP contribution in [0.5, 0.6) is 0 Å². The zero-order valence-electron chi connectivity index (χ0n) is 10.6. The van der Waals surface area contributed by atoms with E-state index in [0.29, 0.717) is 11.6 Å². The Morgan fingerprint density at radius 2 is 2.11 bits per heavy atom. The van der Waals surface area contributed by atoms with Crippen LogP contribution in [0.3, 0.4) is 0 Å². The number of rotatable bonds is 2. The summed E-state index contributed by atoms with van der Waals surface area (Å²) >= 11 is 0. The van der Waals surface area contributed by atoms with Gasteiger partial charge < -0.3 is 4.90 Å². The maximum absolute atomic E-state index is 12.2. The van der Waals surface area contributed by atoms with Crippen LogP contribution in [0.4, 0.5) is 0 Å². The Labute approximate surface area is 107 Å². The van der Waals surface area contributed by atoms with Gasteiger partial charge in [0.2, 0.25) is 0 Å². The molecule has 2 aliphatic heterocycles. The minimum absolute atomic E-state index is 0.114. The zero-order chi connectivity index (χ0) is 12.4. The number of aromatic amines is 1. The molecule has 5 heteroatoms. The molecule has 2 saturated heterocycles. The number of hydrogen-bond acceptors (Lipinski definition) is 3. The number of likely N-dealkylation sites (tertiary alicyclic amines) is 2. The fourth-order valence-electron chi connectivity index (χ4n) is 3.06. The first-order valence-electron chi connectivity index (χ1n) is 6.87. The average molecular weight is 248 g/mol. The molecule has 0 aliphatic carbocycles. The van der Waals surface area contributed by atoms with Gasteiger partial charge in [-0.05, 0) is 32.4 Å².